The lowest BCUT2D eigenvalue weighted by Crippen LogP contribution is -1.87. The van der Waals surface area contributed by atoms with Crippen molar-refractivity contribution >= 4 is 31.9 Å². The molecule has 0 radical (unpaired) electrons. The highest BCUT2D eigenvalue weighted by Crippen LogP contribution is 2.27. The Morgan fingerprint density at radius 3 is 2.75 bits per heavy atom. The molecule has 1 nitrogen and oxygen atoms in total. The molecule has 0 atom stereocenters. The number of halogens is 2. The lowest BCUT2D eigenvalue weighted by molar-refractivity contribution is 0.471. The summed E-state index contributed by atoms with van der Waals surface area (Å²) in [5.74, 6) is 0.321. The van der Waals surface area contributed by atoms with Gasteiger partial charge in [-0.3, -0.25) is 0 Å². The van der Waals surface area contributed by atoms with E-state index in [9.17, 15) is 5.11 Å². The van der Waals surface area contributed by atoms with Gasteiger partial charge in [0.2, 0.25) is 0 Å². The average Bonchev–Trinajstić information content (AvgIpc) is 2.08. The predicted molar refractivity (Wildman–Crippen MR) is 57.9 cm³/mol. The molecule has 66 valence electrons. The zero-order chi connectivity index (χ0) is 8.97. The third-order valence-corrected chi connectivity index (χ3v) is 3.11. The van der Waals surface area contributed by atoms with E-state index >= 15 is 0 Å². The molecule has 3 heteroatoms. The van der Waals surface area contributed by atoms with Crippen molar-refractivity contribution in [1.82, 2.24) is 0 Å². The van der Waals surface area contributed by atoms with Crippen LogP contribution in [0.25, 0.3) is 0 Å². The lowest BCUT2D eigenvalue weighted by Gasteiger charge is -2.03. The highest BCUT2D eigenvalue weighted by Gasteiger charge is 2.02. The summed E-state index contributed by atoms with van der Waals surface area (Å²) in [4.78, 5) is 0. The van der Waals surface area contributed by atoms with E-state index in [2.05, 4.69) is 31.9 Å². The third kappa shape index (κ3) is 2.49. The lowest BCUT2D eigenvalue weighted by atomic mass is 10.1. The molecule has 0 amide bonds. The van der Waals surface area contributed by atoms with Crippen LogP contribution in [0.3, 0.4) is 0 Å². The van der Waals surface area contributed by atoms with Gasteiger partial charge in [0.05, 0.1) is 4.47 Å². The largest absolute Gasteiger partial charge is 0.507 e. The highest BCUT2D eigenvalue weighted by atomic mass is 79.9. The molecule has 1 aromatic carbocycles. The molecular formula is C9H10Br2O. The minimum absolute atomic E-state index is 0.321. The van der Waals surface area contributed by atoms with Crippen LogP contribution in [0.4, 0.5) is 0 Å². The molecule has 0 fully saturated rings. The smallest absolute Gasteiger partial charge is 0.130 e. The number of benzene rings is 1. The second kappa shape index (κ2) is 4.87. The predicted octanol–water partition coefficient (Wildman–Crippen LogP) is 3.48. The normalized spacial score (nSPS) is 10.2. The van der Waals surface area contributed by atoms with Gasteiger partial charge in [0.25, 0.3) is 0 Å². The first kappa shape index (κ1) is 10.1. The zero-order valence-corrected chi connectivity index (χ0v) is 9.73. The van der Waals surface area contributed by atoms with E-state index < -0.39 is 0 Å². The van der Waals surface area contributed by atoms with E-state index in [-0.39, 0.29) is 0 Å². The van der Waals surface area contributed by atoms with E-state index in [0.717, 1.165) is 28.2 Å². The first-order valence-corrected chi connectivity index (χ1v) is 5.69. The molecule has 0 bridgehead atoms. The summed E-state index contributed by atoms with van der Waals surface area (Å²) in [6.45, 7) is 0. The van der Waals surface area contributed by atoms with Crippen molar-refractivity contribution in [2.75, 3.05) is 5.33 Å². The Balaban J connectivity index is 2.78. The van der Waals surface area contributed by atoms with Crippen LogP contribution in [0.5, 0.6) is 5.75 Å². The summed E-state index contributed by atoms with van der Waals surface area (Å²) in [6.07, 6.45) is 2.07. The molecule has 0 aromatic heterocycles. The van der Waals surface area contributed by atoms with Crippen molar-refractivity contribution in [3.05, 3.63) is 28.2 Å². The first-order chi connectivity index (χ1) is 5.75. The molecule has 0 saturated heterocycles. The van der Waals surface area contributed by atoms with Crippen LogP contribution in [0.1, 0.15) is 12.0 Å². The SMILES string of the molecule is Oc1cccc(CCCBr)c1Br. The Labute approximate surface area is 89.1 Å². The summed E-state index contributed by atoms with van der Waals surface area (Å²) in [5, 5.41) is 10.3. The third-order valence-electron chi connectivity index (χ3n) is 1.64. The fraction of sp³-hybridized carbons (Fsp3) is 0.333. The van der Waals surface area contributed by atoms with Crippen LogP contribution < -0.4 is 0 Å². The number of rotatable bonds is 3. The van der Waals surface area contributed by atoms with Gasteiger partial charge in [-0.2, -0.15) is 0 Å². The number of phenolic OH excluding ortho intramolecular Hbond substituents is 1. The number of aromatic hydroxyl groups is 1. The Morgan fingerprint density at radius 1 is 1.33 bits per heavy atom. The van der Waals surface area contributed by atoms with Crippen molar-refractivity contribution in [2.24, 2.45) is 0 Å². The van der Waals surface area contributed by atoms with Gasteiger partial charge in [-0.1, -0.05) is 28.1 Å². The van der Waals surface area contributed by atoms with Crippen molar-refractivity contribution < 1.29 is 5.11 Å². The molecule has 0 unspecified atom stereocenters. The monoisotopic (exact) mass is 292 g/mol. The van der Waals surface area contributed by atoms with Crippen LogP contribution in [0.15, 0.2) is 22.7 Å². The Hall–Kier alpha value is -0.0200. The van der Waals surface area contributed by atoms with Crippen LogP contribution in [0, 0.1) is 0 Å². The summed E-state index contributed by atoms with van der Waals surface area (Å²) < 4.78 is 0.825. The fourth-order valence-electron chi connectivity index (χ4n) is 1.02. The van der Waals surface area contributed by atoms with E-state index in [1.165, 1.54) is 0 Å². The highest BCUT2D eigenvalue weighted by molar-refractivity contribution is 9.10. The molecule has 0 aliphatic heterocycles. The van der Waals surface area contributed by atoms with Gasteiger partial charge in [-0.15, -0.1) is 0 Å². The fourth-order valence-corrected chi connectivity index (χ4v) is 1.76. The maximum Gasteiger partial charge on any atom is 0.130 e. The van der Waals surface area contributed by atoms with Crippen LogP contribution in [0.2, 0.25) is 0 Å². The van der Waals surface area contributed by atoms with Crippen molar-refractivity contribution in [2.45, 2.75) is 12.8 Å². The molecule has 0 aliphatic rings. The number of hydrogen-bond donors (Lipinski definition) is 1. The summed E-state index contributed by atoms with van der Waals surface area (Å²) >= 11 is 6.72. The molecule has 0 aliphatic carbocycles. The Morgan fingerprint density at radius 2 is 2.08 bits per heavy atom. The standard InChI is InChI=1S/C9H10Br2O/c10-6-2-4-7-3-1-5-8(12)9(7)11/h1,3,5,12H,2,4,6H2. The van der Waals surface area contributed by atoms with Gasteiger partial charge < -0.3 is 5.11 Å². The van der Waals surface area contributed by atoms with Gasteiger partial charge >= 0.3 is 0 Å². The maximum absolute atomic E-state index is 9.34. The van der Waals surface area contributed by atoms with Crippen molar-refractivity contribution in [3.8, 4) is 5.75 Å². The number of alkyl halides is 1. The Bertz CT molecular complexity index is 261. The van der Waals surface area contributed by atoms with Crippen LogP contribution in [-0.2, 0) is 6.42 Å². The number of phenols is 1. The second-order valence-corrected chi connectivity index (χ2v) is 4.13. The van der Waals surface area contributed by atoms with Crippen molar-refractivity contribution in [3.63, 3.8) is 0 Å². The molecule has 0 heterocycles. The van der Waals surface area contributed by atoms with Gasteiger partial charge in [-0.05, 0) is 40.4 Å². The number of aryl methyl sites for hydroxylation is 1. The quantitative estimate of drug-likeness (QED) is 0.846. The maximum atomic E-state index is 9.34. The van der Waals surface area contributed by atoms with E-state index in [1.54, 1.807) is 6.07 Å². The molecule has 1 rings (SSSR count). The van der Waals surface area contributed by atoms with E-state index in [0.29, 0.717) is 5.75 Å². The second-order valence-electron chi connectivity index (χ2n) is 2.54. The summed E-state index contributed by atoms with van der Waals surface area (Å²) in [7, 11) is 0. The van der Waals surface area contributed by atoms with Crippen LogP contribution in [-0.4, -0.2) is 10.4 Å². The molecule has 1 aromatic rings. The van der Waals surface area contributed by atoms with Gasteiger partial charge in [0.1, 0.15) is 5.75 Å². The summed E-state index contributed by atoms with van der Waals surface area (Å²) in [5.41, 5.74) is 1.16. The average molecular weight is 294 g/mol. The first-order valence-electron chi connectivity index (χ1n) is 3.78. The molecule has 12 heavy (non-hydrogen) atoms. The molecule has 0 spiro atoms. The summed E-state index contributed by atoms with van der Waals surface area (Å²) in [6, 6.07) is 5.57. The van der Waals surface area contributed by atoms with E-state index in [1.807, 2.05) is 12.1 Å². The minimum Gasteiger partial charge on any atom is -0.507 e. The van der Waals surface area contributed by atoms with Crippen molar-refractivity contribution in [1.29, 1.82) is 0 Å². The molecular weight excluding hydrogens is 284 g/mol. The van der Waals surface area contributed by atoms with E-state index in [4.69, 9.17) is 0 Å². The van der Waals surface area contributed by atoms with Crippen LogP contribution >= 0.6 is 31.9 Å². The van der Waals surface area contributed by atoms with Gasteiger partial charge in [0.15, 0.2) is 0 Å². The zero-order valence-electron chi connectivity index (χ0n) is 6.56. The van der Waals surface area contributed by atoms with Gasteiger partial charge in [-0.25, -0.2) is 0 Å². The molecule has 1 N–H and O–H groups in total. The van der Waals surface area contributed by atoms with Gasteiger partial charge in [0, 0.05) is 5.33 Å². The topological polar surface area (TPSA) is 20.2 Å². The number of hydrogen-bond acceptors (Lipinski definition) is 1. The Kier molecular flexibility index (Phi) is 4.09. The minimum atomic E-state index is 0.321. The molecule has 0 saturated carbocycles.